The van der Waals surface area contributed by atoms with Gasteiger partial charge in [0.15, 0.2) is 0 Å². The third-order valence-corrected chi connectivity index (χ3v) is 4.97. The number of halogens is 1. The van der Waals surface area contributed by atoms with Crippen LogP contribution < -0.4 is 4.90 Å². The van der Waals surface area contributed by atoms with Gasteiger partial charge in [0, 0.05) is 5.92 Å². The molecule has 0 bridgehead atoms. The van der Waals surface area contributed by atoms with Crippen molar-refractivity contribution in [1.29, 1.82) is 0 Å². The van der Waals surface area contributed by atoms with E-state index in [1.54, 1.807) is 4.90 Å². The Morgan fingerprint density at radius 1 is 1.33 bits per heavy atom. The van der Waals surface area contributed by atoms with Crippen molar-refractivity contribution >= 4 is 17.6 Å². The van der Waals surface area contributed by atoms with E-state index >= 15 is 0 Å². The first-order valence-corrected chi connectivity index (χ1v) is 7.81. The van der Waals surface area contributed by atoms with Crippen LogP contribution in [-0.2, 0) is 9.53 Å². The van der Waals surface area contributed by atoms with Crippen LogP contribution in [0.1, 0.15) is 45.4 Å². The molecule has 2 heterocycles. The van der Waals surface area contributed by atoms with Crippen molar-refractivity contribution in [1.82, 2.24) is 0 Å². The lowest BCUT2D eigenvalue weighted by molar-refractivity contribution is -0.940. The van der Waals surface area contributed by atoms with Crippen LogP contribution in [0.25, 0.3) is 0 Å². The van der Waals surface area contributed by atoms with Gasteiger partial charge in [0.05, 0.1) is 25.7 Å². The molecule has 2 aliphatic heterocycles. The summed E-state index contributed by atoms with van der Waals surface area (Å²) in [7, 11) is 0. The van der Waals surface area contributed by atoms with Gasteiger partial charge in [0.2, 0.25) is 0 Å². The van der Waals surface area contributed by atoms with Crippen molar-refractivity contribution in [2.24, 2.45) is 5.92 Å². The van der Waals surface area contributed by atoms with Gasteiger partial charge in [-0.25, -0.2) is 0 Å². The summed E-state index contributed by atoms with van der Waals surface area (Å²) in [6.07, 6.45) is 7.12. The first-order valence-electron chi connectivity index (χ1n) is 7.37. The molecule has 2 saturated heterocycles. The number of rotatable bonds is 4. The zero-order chi connectivity index (χ0) is 13.0. The zero-order valence-corrected chi connectivity index (χ0v) is 12.0. The predicted molar refractivity (Wildman–Crippen MR) is 72.0 cm³/mol. The highest BCUT2D eigenvalue weighted by Gasteiger charge is 2.37. The van der Waals surface area contributed by atoms with Crippen LogP contribution >= 0.6 is 11.6 Å². The summed E-state index contributed by atoms with van der Waals surface area (Å²) in [5.41, 5.74) is 0. The first-order chi connectivity index (χ1) is 8.72. The van der Waals surface area contributed by atoms with Gasteiger partial charge in [-0.15, -0.1) is 11.6 Å². The van der Waals surface area contributed by atoms with E-state index in [1.165, 1.54) is 45.2 Å². The summed E-state index contributed by atoms with van der Waals surface area (Å²) >= 11 is 5.89. The van der Waals surface area contributed by atoms with Gasteiger partial charge < -0.3 is 9.64 Å². The minimum absolute atomic E-state index is 0.234. The van der Waals surface area contributed by atoms with Crippen LogP contribution in [-0.4, -0.2) is 37.1 Å². The standard InChI is InChI=1S/C14H24ClNO2/c1-2-12(15)14(17)18-10-11-6-5-9-16-8-4-3-7-13(11)16/h11-13H,2-10H2,1H3/p+1/t11-,12+,13-/m1/s1. The fraction of sp³-hybridized carbons (Fsp3) is 0.929. The van der Waals surface area contributed by atoms with E-state index in [0.717, 1.165) is 6.04 Å². The Morgan fingerprint density at radius 3 is 2.89 bits per heavy atom. The molecule has 0 spiro atoms. The molecule has 1 unspecified atom stereocenters. The topological polar surface area (TPSA) is 30.7 Å². The molecule has 0 amide bonds. The molecule has 104 valence electrons. The quantitative estimate of drug-likeness (QED) is 0.621. The number of esters is 1. The Morgan fingerprint density at radius 2 is 2.11 bits per heavy atom. The van der Waals surface area contributed by atoms with Crippen molar-refractivity contribution in [3.63, 3.8) is 0 Å². The van der Waals surface area contributed by atoms with Crippen LogP contribution in [0.2, 0.25) is 0 Å². The Bertz CT molecular complexity index is 283. The number of ether oxygens (including phenoxy) is 1. The van der Waals surface area contributed by atoms with E-state index in [9.17, 15) is 4.79 Å². The first kappa shape index (κ1) is 14.1. The van der Waals surface area contributed by atoms with Crippen LogP contribution in [0.5, 0.6) is 0 Å². The highest BCUT2D eigenvalue weighted by atomic mass is 35.5. The van der Waals surface area contributed by atoms with Crippen LogP contribution in [0, 0.1) is 5.92 Å². The van der Waals surface area contributed by atoms with Gasteiger partial charge in [-0.1, -0.05) is 6.92 Å². The number of hydrogen-bond donors (Lipinski definition) is 1. The van der Waals surface area contributed by atoms with Crippen molar-refractivity contribution < 1.29 is 14.4 Å². The predicted octanol–water partition coefficient (Wildman–Crippen LogP) is 1.39. The van der Waals surface area contributed by atoms with E-state index in [2.05, 4.69) is 0 Å². The lowest BCUT2D eigenvalue weighted by Crippen LogP contribution is -3.18. The summed E-state index contributed by atoms with van der Waals surface area (Å²) in [5, 5.41) is -0.469. The molecular formula is C14H25ClNO2+. The molecule has 2 rings (SSSR count). The number of piperidine rings is 2. The monoisotopic (exact) mass is 274 g/mol. The highest BCUT2D eigenvalue weighted by molar-refractivity contribution is 6.29. The molecule has 0 radical (unpaired) electrons. The number of carbonyl (C=O) groups is 1. The third kappa shape index (κ3) is 3.39. The van der Waals surface area contributed by atoms with Gasteiger partial charge in [0.25, 0.3) is 0 Å². The van der Waals surface area contributed by atoms with E-state index < -0.39 is 5.38 Å². The van der Waals surface area contributed by atoms with E-state index in [1.807, 2.05) is 6.92 Å². The van der Waals surface area contributed by atoms with Crippen molar-refractivity contribution in [3.05, 3.63) is 0 Å². The van der Waals surface area contributed by atoms with Crippen LogP contribution in [0.3, 0.4) is 0 Å². The van der Waals surface area contributed by atoms with E-state index in [-0.39, 0.29) is 5.97 Å². The average Bonchev–Trinajstić information content (AvgIpc) is 2.43. The largest absolute Gasteiger partial charge is 0.464 e. The minimum atomic E-state index is -0.469. The van der Waals surface area contributed by atoms with E-state index in [4.69, 9.17) is 16.3 Å². The molecule has 0 aliphatic carbocycles. The summed E-state index contributed by atoms with van der Waals surface area (Å²) in [6, 6.07) is 0.718. The minimum Gasteiger partial charge on any atom is -0.464 e. The second-order valence-corrected chi connectivity index (χ2v) is 6.20. The second-order valence-electron chi connectivity index (χ2n) is 5.67. The average molecular weight is 275 g/mol. The maximum atomic E-state index is 11.6. The zero-order valence-electron chi connectivity index (χ0n) is 11.3. The Balaban J connectivity index is 1.82. The molecule has 18 heavy (non-hydrogen) atoms. The lowest BCUT2D eigenvalue weighted by Gasteiger charge is -2.41. The smallest absolute Gasteiger partial charge is 0.324 e. The normalized spacial score (nSPS) is 33.6. The van der Waals surface area contributed by atoms with Gasteiger partial charge in [0.1, 0.15) is 5.38 Å². The van der Waals surface area contributed by atoms with Gasteiger partial charge in [-0.3, -0.25) is 4.79 Å². The molecule has 3 nitrogen and oxygen atoms in total. The molecule has 0 saturated carbocycles. The highest BCUT2D eigenvalue weighted by Crippen LogP contribution is 2.21. The Labute approximate surface area is 115 Å². The number of fused-ring (bicyclic) bond motifs is 1. The molecular weight excluding hydrogens is 250 g/mol. The fourth-order valence-electron chi connectivity index (χ4n) is 3.42. The molecule has 4 atom stereocenters. The van der Waals surface area contributed by atoms with Gasteiger partial charge >= 0.3 is 5.97 Å². The summed E-state index contributed by atoms with van der Waals surface area (Å²) in [4.78, 5) is 13.4. The molecule has 0 aromatic carbocycles. The second kappa shape index (κ2) is 6.76. The molecule has 2 fully saturated rings. The number of nitrogens with one attached hydrogen (secondary N) is 1. The molecule has 1 N–H and O–H groups in total. The number of carbonyl (C=O) groups excluding carboxylic acids is 1. The third-order valence-electron chi connectivity index (χ3n) is 4.48. The molecule has 4 heteroatoms. The van der Waals surface area contributed by atoms with Crippen LogP contribution in [0.4, 0.5) is 0 Å². The SMILES string of the molecule is CC[C@H](Cl)C(=O)OC[C@H]1CCC[NH+]2CCCC[C@H]12. The summed E-state index contributed by atoms with van der Waals surface area (Å²) < 4.78 is 5.40. The van der Waals surface area contributed by atoms with Gasteiger partial charge in [-0.05, 0) is 38.5 Å². The molecule has 0 aromatic rings. The van der Waals surface area contributed by atoms with Crippen molar-refractivity contribution in [2.45, 2.75) is 56.9 Å². The van der Waals surface area contributed by atoms with Crippen LogP contribution in [0.15, 0.2) is 0 Å². The molecule has 2 aliphatic rings. The fourth-order valence-corrected chi connectivity index (χ4v) is 3.49. The lowest BCUT2D eigenvalue weighted by atomic mass is 9.84. The van der Waals surface area contributed by atoms with Crippen molar-refractivity contribution in [2.75, 3.05) is 19.7 Å². The maximum Gasteiger partial charge on any atom is 0.324 e. The number of alkyl halides is 1. The Kier molecular flexibility index (Phi) is 5.31. The maximum absolute atomic E-state index is 11.6. The summed E-state index contributed by atoms with van der Waals surface area (Å²) in [5.74, 6) is 0.320. The summed E-state index contributed by atoms with van der Waals surface area (Å²) in [6.45, 7) is 5.10. The number of quaternary nitrogens is 1. The molecule has 0 aromatic heterocycles. The Hall–Kier alpha value is -0.280. The van der Waals surface area contributed by atoms with Gasteiger partial charge in [-0.2, -0.15) is 0 Å². The number of hydrogen-bond acceptors (Lipinski definition) is 2. The van der Waals surface area contributed by atoms with E-state index in [0.29, 0.717) is 18.9 Å². The van der Waals surface area contributed by atoms with Crippen molar-refractivity contribution in [3.8, 4) is 0 Å².